The smallest absolute Gasteiger partial charge is 0.233 e. The van der Waals surface area contributed by atoms with Crippen LogP contribution in [0.4, 0.5) is 5.69 Å². The number of anilines is 1. The van der Waals surface area contributed by atoms with E-state index in [2.05, 4.69) is 63.6 Å². The van der Waals surface area contributed by atoms with E-state index in [0.29, 0.717) is 5.75 Å². The molecular formula is C22H26N5OS+. The third-order valence-electron chi connectivity index (χ3n) is 5.47. The van der Waals surface area contributed by atoms with Gasteiger partial charge in [-0.25, -0.2) is 9.97 Å². The molecule has 1 N–H and O–H groups in total. The first-order valence-corrected chi connectivity index (χ1v) is 10.8. The number of benzene rings is 1. The van der Waals surface area contributed by atoms with Crippen LogP contribution in [0.15, 0.2) is 60.3 Å². The molecular weight excluding hydrogens is 382 g/mol. The molecule has 29 heavy (non-hydrogen) atoms. The molecule has 1 fully saturated rings. The Morgan fingerprint density at radius 3 is 2.62 bits per heavy atom. The number of carbonyl (C=O) groups excluding carboxylic acids is 1. The molecule has 4 rings (SSSR count). The van der Waals surface area contributed by atoms with Crippen molar-refractivity contribution in [3.8, 4) is 5.69 Å². The van der Waals surface area contributed by atoms with E-state index in [1.807, 2.05) is 23.5 Å². The Morgan fingerprint density at radius 1 is 1.10 bits per heavy atom. The van der Waals surface area contributed by atoms with E-state index in [9.17, 15) is 4.79 Å². The van der Waals surface area contributed by atoms with Crippen LogP contribution in [0.1, 0.15) is 11.1 Å². The van der Waals surface area contributed by atoms with Gasteiger partial charge in [0.1, 0.15) is 0 Å². The monoisotopic (exact) mass is 408 g/mol. The first-order chi connectivity index (χ1) is 14.1. The number of piperazine rings is 1. The number of aromatic amines is 1. The molecule has 7 heteroatoms. The summed E-state index contributed by atoms with van der Waals surface area (Å²) in [7, 11) is 0. The second-order valence-electron chi connectivity index (χ2n) is 7.21. The lowest BCUT2D eigenvalue weighted by molar-refractivity contribution is -0.377. The Bertz CT molecular complexity index is 980. The zero-order valence-corrected chi connectivity index (χ0v) is 17.7. The summed E-state index contributed by atoms with van der Waals surface area (Å²) in [5.74, 6) is 0.578. The Labute approximate surface area is 175 Å². The van der Waals surface area contributed by atoms with Crippen molar-refractivity contribution in [2.24, 2.45) is 0 Å². The highest BCUT2D eigenvalue weighted by Crippen LogP contribution is 2.24. The minimum atomic E-state index is 0.173. The number of nitrogens with one attached hydrogen (secondary N) is 1. The molecule has 1 saturated heterocycles. The topological polar surface area (TPSA) is 55.5 Å². The quantitative estimate of drug-likeness (QED) is 0.609. The highest BCUT2D eigenvalue weighted by Gasteiger charge is 2.22. The lowest BCUT2D eigenvalue weighted by atomic mass is 10.1. The molecule has 0 radical (unpaired) electrons. The average molecular weight is 409 g/mol. The lowest BCUT2D eigenvalue weighted by Crippen LogP contribution is -2.49. The second kappa shape index (κ2) is 8.69. The van der Waals surface area contributed by atoms with Crippen LogP contribution in [0.3, 0.4) is 0 Å². The number of amides is 1. The zero-order valence-electron chi connectivity index (χ0n) is 16.8. The second-order valence-corrected chi connectivity index (χ2v) is 8.16. The van der Waals surface area contributed by atoms with Crippen LogP contribution in [0.5, 0.6) is 0 Å². The van der Waals surface area contributed by atoms with Gasteiger partial charge in [0.2, 0.25) is 5.91 Å². The van der Waals surface area contributed by atoms with Crippen molar-refractivity contribution in [2.75, 3.05) is 36.8 Å². The lowest BCUT2D eigenvalue weighted by Gasteiger charge is -2.35. The highest BCUT2D eigenvalue weighted by molar-refractivity contribution is 7.99. The first-order valence-electron chi connectivity index (χ1n) is 9.85. The number of carbonyl (C=O) groups is 1. The van der Waals surface area contributed by atoms with E-state index in [4.69, 9.17) is 0 Å². The number of pyridine rings is 1. The molecule has 150 valence electrons. The molecule has 0 atom stereocenters. The van der Waals surface area contributed by atoms with Crippen molar-refractivity contribution in [3.63, 3.8) is 0 Å². The maximum Gasteiger partial charge on any atom is 0.233 e. The number of imidazole rings is 1. The molecule has 1 aliphatic rings. The van der Waals surface area contributed by atoms with Crippen molar-refractivity contribution in [2.45, 2.75) is 19.0 Å². The fourth-order valence-corrected chi connectivity index (χ4v) is 4.47. The van der Waals surface area contributed by atoms with E-state index in [-0.39, 0.29) is 5.91 Å². The number of nitrogens with zero attached hydrogens (tertiary/aromatic N) is 4. The number of rotatable bonds is 5. The molecule has 2 aromatic heterocycles. The molecule has 0 bridgehead atoms. The number of aryl methyl sites for hydroxylation is 1. The average Bonchev–Trinajstić information content (AvgIpc) is 3.23. The van der Waals surface area contributed by atoms with Gasteiger partial charge in [0.15, 0.2) is 17.6 Å². The summed E-state index contributed by atoms with van der Waals surface area (Å²) < 4.78 is 2.07. The Morgan fingerprint density at radius 2 is 1.86 bits per heavy atom. The molecule has 0 aliphatic carbocycles. The number of hydrogen-bond acceptors (Lipinski definition) is 4. The third kappa shape index (κ3) is 4.29. The summed E-state index contributed by atoms with van der Waals surface area (Å²) >= 11 is 1.50. The zero-order chi connectivity index (χ0) is 20.2. The predicted molar refractivity (Wildman–Crippen MR) is 116 cm³/mol. The van der Waals surface area contributed by atoms with E-state index in [0.717, 1.165) is 37.0 Å². The van der Waals surface area contributed by atoms with E-state index >= 15 is 0 Å². The Hall–Kier alpha value is -2.80. The van der Waals surface area contributed by atoms with Crippen LogP contribution >= 0.6 is 11.8 Å². The van der Waals surface area contributed by atoms with Crippen molar-refractivity contribution >= 4 is 23.4 Å². The van der Waals surface area contributed by atoms with Gasteiger partial charge < -0.3 is 9.80 Å². The van der Waals surface area contributed by atoms with E-state index in [1.54, 1.807) is 6.20 Å². The van der Waals surface area contributed by atoms with E-state index in [1.165, 1.54) is 28.6 Å². The molecule has 0 spiro atoms. The first kappa shape index (κ1) is 19.5. The Kier molecular flexibility index (Phi) is 5.85. The summed E-state index contributed by atoms with van der Waals surface area (Å²) in [6.45, 7) is 7.45. The van der Waals surface area contributed by atoms with Gasteiger partial charge in [-0.15, -0.1) is 0 Å². The summed E-state index contributed by atoms with van der Waals surface area (Å²) in [5, 5.41) is 0.853. The number of thioether (sulfide) groups is 1. The summed E-state index contributed by atoms with van der Waals surface area (Å²) in [4.78, 5) is 24.6. The van der Waals surface area contributed by atoms with Crippen LogP contribution in [0.25, 0.3) is 5.69 Å². The summed E-state index contributed by atoms with van der Waals surface area (Å²) in [6, 6.07) is 10.4. The molecule has 1 aromatic carbocycles. The summed E-state index contributed by atoms with van der Waals surface area (Å²) in [5.41, 5.74) is 4.79. The van der Waals surface area contributed by atoms with Crippen molar-refractivity contribution < 1.29 is 9.78 Å². The SMILES string of the molecule is Cc1cccc(-n2ccnc2SCC(=O)N2CCN(c3cc[nH+]cc3)CC2)c1C. The van der Waals surface area contributed by atoms with Crippen molar-refractivity contribution in [3.05, 3.63) is 66.2 Å². The number of aromatic nitrogens is 3. The maximum atomic E-state index is 12.7. The number of H-pyrrole nitrogens is 1. The minimum Gasteiger partial charge on any atom is -0.368 e. The molecule has 1 amide bonds. The van der Waals surface area contributed by atoms with Crippen molar-refractivity contribution in [1.82, 2.24) is 14.5 Å². The fraction of sp³-hybridized carbons (Fsp3) is 0.318. The third-order valence-corrected chi connectivity index (χ3v) is 6.42. The van der Waals surface area contributed by atoms with Crippen LogP contribution in [0, 0.1) is 13.8 Å². The molecule has 1 aliphatic heterocycles. The fourth-order valence-electron chi connectivity index (χ4n) is 3.60. The molecule has 0 unspecified atom stereocenters. The van der Waals surface area contributed by atoms with Gasteiger partial charge in [-0.1, -0.05) is 23.9 Å². The molecule has 0 saturated carbocycles. The van der Waals surface area contributed by atoms with Crippen LogP contribution in [-0.2, 0) is 4.79 Å². The Balaban J connectivity index is 1.35. The normalized spacial score (nSPS) is 14.3. The highest BCUT2D eigenvalue weighted by atomic mass is 32.2. The van der Waals surface area contributed by atoms with Crippen LogP contribution < -0.4 is 9.88 Å². The van der Waals surface area contributed by atoms with Gasteiger partial charge in [0.05, 0.1) is 11.4 Å². The minimum absolute atomic E-state index is 0.173. The van der Waals surface area contributed by atoms with Crippen LogP contribution in [0.2, 0.25) is 0 Å². The molecule has 3 aromatic rings. The molecule has 3 heterocycles. The van der Waals surface area contributed by atoms with Crippen molar-refractivity contribution in [1.29, 1.82) is 0 Å². The predicted octanol–water partition coefficient (Wildman–Crippen LogP) is 2.74. The van der Waals surface area contributed by atoms with Gasteiger partial charge in [0.25, 0.3) is 0 Å². The maximum absolute atomic E-state index is 12.7. The largest absolute Gasteiger partial charge is 0.368 e. The summed E-state index contributed by atoms with van der Waals surface area (Å²) in [6.07, 6.45) is 7.62. The van der Waals surface area contributed by atoms with Gasteiger partial charge in [0, 0.05) is 56.4 Å². The van der Waals surface area contributed by atoms with Gasteiger partial charge in [-0.2, -0.15) is 0 Å². The number of hydrogen-bond donors (Lipinski definition) is 0. The van der Waals surface area contributed by atoms with Gasteiger partial charge in [-0.05, 0) is 31.0 Å². The van der Waals surface area contributed by atoms with Gasteiger partial charge >= 0.3 is 0 Å². The van der Waals surface area contributed by atoms with E-state index < -0.39 is 0 Å². The molecule has 6 nitrogen and oxygen atoms in total. The van der Waals surface area contributed by atoms with Gasteiger partial charge in [-0.3, -0.25) is 9.36 Å². The standard InChI is InChI=1S/C22H25N5OS/c1-17-4-3-5-20(18(17)2)27-11-10-24-22(27)29-16-21(28)26-14-12-25(13-15-26)19-6-8-23-9-7-19/h3-11H,12-16H2,1-2H3/p+1. The van der Waals surface area contributed by atoms with Crippen LogP contribution in [-0.4, -0.2) is 52.3 Å².